The Morgan fingerprint density at radius 2 is 1.74 bits per heavy atom. The molecule has 0 saturated carbocycles. The Hall–Kier alpha value is -1.74. The highest BCUT2D eigenvalue weighted by atomic mass is 32.2. The van der Waals surface area contributed by atoms with Crippen molar-refractivity contribution in [2.24, 2.45) is 0 Å². The lowest BCUT2D eigenvalue weighted by molar-refractivity contribution is -0.115. The zero-order valence-corrected chi connectivity index (χ0v) is 11.6. The molecule has 1 fully saturated rings. The van der Waals surface area contributed by atoms with Gasteiger partial charge in [0.1, 0.15) is 5.37 Å². The normalized spacial score (nSPS) is 18.9. The first kappa shape index (κ1) is 12.3. The van der Waals surface area contributed by atoms with Crippen LogP contribution in [0.1, 0.15) is 16.5 Å². The molecule has 1 atom stereocenters. The van der Waals surface area contributed by atoms with Crippen molar-refractivity contribution in [1.29, 1.82) is 0 Å². The summed E-state index contributed by atoms with van der Waals surface area (Å²) < 4.78 is 0. The molecule has 1 amide bonds. The fraction of sp³-hybridized carbons (Fsp3) is 0.188. The number of aryl methyl sites for hydroxylation is 1. The van der Waals surface area contributed by atoms with E-state index in [0.29, 0.717) is 5.75 Å². The van der Waals surface area contributed by atoms with E-state index >= 15 is 0 Å². The number of hydrogen-bond donors (Lipinski definition) is 0. The van der Waals surface area contributed by atoms with Crippen LogP contribution in [0.5, 0.6) is 0 Å². The van der Waals surface area contributed by atoms with Crippen LogP contribution < -0.4 is 4.90 Å². The number of para-hydroxylation sites is 1. The predicted molar refractivity (Wildman–Crippen MR) is 80.3 cm³/mol. The van der Waals surface area contributed by atoms with E-state index in [2.05, 4.69) is 12.1 Å². The highest BCUT2D eigenvalue weighted by Crippen LogP contribution is 2.42. The number of carbonyl (C=O) groups excluding carboxylic acids is 1. The molecule has 2 aromatic rings. The van der Waals surface area contributed by atoms with E-state index in [1.54, 1.807) is 11.8 Å². The number of amides is 1. The first-order valence-corrected chi connectivity index (χ1v) is 7.36. The number of thioether (sulfide) groups is 1. The van der Waals surface area contributed by atoms with Gasteiger partial charge in [0.05, 0.1) is 5.75 Å². The number of benzene rings is 2. The maximum atomic E-state index is 12.2. The van der Waals surface area contributed by atoms with Gasteiger partial charge in [0.2, 0.25) is 5.91 Å². The Balaban J connectivity index is 2.03. The molecule has 0 radical (unpaired) electrons. The van der Waals surface area contributed by atoms with Crippen molar-refractivity contribution in [1.82, 2.24) is 0 Å². The molecule has 1 aliphatic rings. The minimum Gasteiger partial charge on any atom is -0.295 e. The second kappa shape index (κ2) is 5.10. The van der Waals surface area contributed by atoms with Crippen LogP contribution in [0.4, 0.5) is 5.69 Å². The van der Waals surface area contributed by atoms with Gasteiger partial charge in [0.15, 0.2) is 0 Å². The highest BCUT2D eigenvalue weighted by Gasteiger charge is 2.34. The molecular weight excluding hydrogens is 254 g/mol. The van der Waals surface area contributed by atoms with E-state index in [9.17, 15) is 4.79 Å². The molecule has 0 spiro atoms. The summed E-state index contributed by atoms with van der Waals surface area (Å²) in [5.41, 5.74) is 3.34. The monoisotopic (exact) mass is 269 g/mol. The first-order chi connectivity index (χ1) is 9.27. The molecule has 2 aromatic carbocycles. The van der Waals surface area contributed by atoms with Crippen molar-refractivity contribution >= 4 is 23.4 Å². The van der Waals surface area contributed by atoms with Crippen LogP contribution >= 0.6 is 11.8 Å². The van der Waals surface area contributed by atoms with Crippen LogP contribution in [0.25, 0.3) is 0 Å². The summed E-state index contributed by atoms with van der Waals surface area (Å²) in [7, 11) is 0. The Morgan fingerprint density at radius 3 is 2.47 bits per heavy atom. The molecule has 0 N–H and O–H groups in total. The third-order valence-corrected chi connectivity index (χ3v) is 4.54. The summed E-state index contributed by atoms with van der Waals surface area (Å²) in [6, 6.07) is 18.3. The molecule has 0 unspecified atom stereocenters. The van der Waals surface area contributed by atoms with E-state index in [1.807, 2.05) is 54.3 Å². The largest absolute Gasteiger partial charge is 0.295 e. The minimum absolute atomic E-state index is 0.0924. The van der Waals surface area contributed by atoms with Crippen LogP contribution in [0, 0.1) is 6.92 Å². The first-order valence-electron chi connectivity index (χ1n) is 6.31. The van der Waals surface area contributed by atoms with Crippen molar-refractivity contribution in [2.75, 3.05) is 10.7 Å². The number of hydrogen-bond acceptors (Lipinski definition) is 2. The number of carbonyl (C=O) groups is 1. The van der Waals surface area contributed by atoms with Gasteiger partial charge in [-0.3, -0.25) is 9.69 Å². The standard InChI is InChI=1S/C16H15NOS/c1-12-7-5-6-10-14(12)17-15(18)11-19-16(17)13-8-3-2-4-9-13/h2-10,16H,11H2,1H3/t16-/m0/s1. The lowest BCUT2D eigenvalue weighted by Crippen LogP contribution is -2.28. The topological polar surface area (TPSA) is 20.3 Å². The SMILES string of the molecule is Cc1ccccc1N1C(=O)CS[C@H]1c1ccccc1. The quantitative estimate of drug-likeness (QED) is 0.827. The smallest absolute Gasteiger partial charge is 0.238 e. The van der Waals surface area contributed by atoms with Gasteiger partial charge in [-0.1, -0.05) is 48.5 Å². The van der Waals surface area contributed by atoms with Crippen molar-refractivity contribution in [3.05, 3.63) is 65.7 Å². The van der Waals surface area contributed by atoms with Crippen LogP contribution in [-0.4, -0.2) is 11.7 Å². The van der Waals surface area contributed by atoms with Crippen molar-refractivity contribution in [2.45, 2.75) is 12.3 Å². The van der Waals surface area contributed by atoms with Gasteiger partial charge in [-0.05, 0) is 24.1 Å². The molecule has 3 heteroatoms. The van der Waals surface area contributed by atoms with Gasteiger partial charge >= 0.3 is 0 Å². The summed E-state index contributed by atoms with van der Waals surface area (Å²) in [6.45, 7) is 2.05. The van der Waals surface area contributed by atoms with Crippen molar-refractivity contribution < 1.29 is 4.79 Å². The van der Waals surface area contributed by atoms with Gasteiger partial charge in [0, 0.05) is 5.69 Å². The van der Waals surface area contributed by atoms with E-state index < -0.39 is 0 Å². The van der Waals surface area contributed by atoms with E-state index in [4.69, 9.17) is 0 Å². The lowest BCUT2D eigenvalue weighted by Gasteiger charge is -2.25. The van der Waals surface area contributed by atoms with Gasteiger partial charge in [-0.25, -0.2) is 0 Å². The molecule has 0 aliphatic carbocycles. The molecule has 96 valence electrons. The second-order valence-electron chi connectivity index (χ2n) is 4.62. The predicted octanol–water partition coefficient (Wildman–Crippen LogP) is 3.77. The average molecular weight is 269 g/mol. The summed E-state index contributed by atoms with van der Waals surface area (Å²) in [4.78, 5) is 14.1. The Kier molecular flexibility index (Phi) is 3.30. The number of nitrogens with zero attached hydrogens (tertiary/aromatic N) is 1. The van der Waals surface area contributed by atoms with E-state index in [-0.39, 0.29) is 11.3 Å². The molecule has 0 aromatic heterocycles. The maximum absolute atomic E-state index is 12.2. The molecule has 1 heterocycles. The summed E-state index contributed by atoms with van der Waals surface area (Å²) in [6.07, 6.45) is 0. The van der Waals surface area contributed by atoms with Crippen LogP contribution in [-0.2, 0) is 4.79 Å². The Bertz CT molecular complexity index is 597. The molecule has 19 heavy (non-hydrogen) atoms. The van der Waals surface area contributed by atoms with Crippen LogP contribution in [0.2, 0.25) is 0 Å². The number of anilines is 1. The fourth-order valence-electron chi connectivity index (χ4n) is 2.38. The van der Waals surface area contributed by atoms with Crippen molar-refractivity contribution in [3.63, 3.8) is 0 Å². The highest BCUT2D eigenvalue weighted by molar-refractivity contribution is 8.00. The van der Waals surface area contributed by atoms with Gasteiger partial charge < -0.3 is 0 Å². The van der Waals surface area contributed by atoms with Crippen LogP contribution in [0.3, 0.4) is 0 Å². The van der Waals surface area contributed by atoms with Gasteiger partial charge in [-0.15, -0.1) is 11.8 Å². The summed E-state index contributed by atoms with van der Waals surface area (Å²) in [5.74, 6) is 0.738. The summed E-state index contributed by atoms with van der Waals surface area (Å²) >= 11 is 1.69. The third kappa shape index (κ3) is 2.26. The molecule has 1 aliphatic heterocycles. The zero-order valence-electron chi connectivity index (χ0n) is 10.7. The molecule has 2 nitrogen and oxygen atoms in total. The van der Waals surface area contributed by atoms with Crippen LogP contribution in [0.15, 0.2) is 54.6 Å². The molecule has 0 bridgehead atoms. The van der Waals surface area contributed by atoms with E-state index in [1.165, 1.54) is 5.56 Å². The second-order valence-corrected chi connectivity index (χ2v) is 5.69. The zero-order chi connectivity index (χ0) is 13.2. The molecule has 1 saturated heterocycles. The van der Waals surface area contributed by atoms with E-state index in [0.717, 1.165) is 11.3 Å². The minimum atomic E-state index is 0.0924. The molecular formula is C16H15NOS. The molecule has 3 rings (SSSR count). The summed E-state index contributed by atoms with van der Waals surface area (Å²) in [5, 5.41) is 0.0924. The number of rotatable bonds is 2. The fourth-order valence-corrected chi connectivity index (χ4v) is 3.55. The Morgan fingerprint density at radius 1 is 1.05 bits per heavy atom. The van der Waals surface area contributed by atoms with Crippen molar-refractivity contribution in [3.8, 4) is 0 Å². The lowest BCUT2D eigenvalue weighted by atomic mass is 10.1. The van der Waals surface area contributed by atoms with Gasteiger partial charge in [-0.2, -0.15) is 0 Å². The Labute approximate surface area is 117 Å². The maximum Gasteiger partial charge on any atom is 0.238 e. The third-order valence-electron chi connectivity index (χ3n) is 3.33. The van der Waals surface area contributed by atoms with Gasteiger partial charge in [0.25, 0.3) is 0 Å². The average Bonchev–Trinajstić information content (AvgIpc) is 2.82.